The highest BCUT2D eigenvalue weighted by molar-refractivity contribution is 7.45. The molecule has 3 unspecified atom stereocenters. The summed E-state index contributed by atoms with van der Waals surface area (Å²) >= 11 is 0. The number of quaternary nitrogens is 1. The molecule has 0 saturated heterocycles. The smallest absolute Gasteiger partial charge is 0.268 e. The first-order chi connectivity index (χ1) is 39.5. The van der Waals surface area contributed by atoms with Crippen LogP contribution in [0, 0.1) is 0 Å². The number of likely N-dealkylation sites (N-methyl/N-ethyl adjacent to an activating group) is 1. The lowest BCUT2D eigenvalue weighted by molar-refractivity contribution is -0.870. The molecule has 0 aromatic carbocycles. The number of hydrogen-bond donors (Lipinski definition) is 2. The van der Waals surface area contributed by atoms with Crippen molar-refractivity contribution in [2.75, 3.05) is 40.9 Å². The average Bonchev–Trinajstić information content (AvgIpc) is 3.43. The third-order valence-electron chi connectivity index (χ3n) is 16.9. The predicted molar refractivity (Wildman–Crippen MR) is 353 cm³/mol. The lowest BCUT2D eigenvalue weighted by atomic mass is 10.0. The number of carbonyl (C=O) groups excluding carboxylic acids is 1. The van der Waals surface area contributed by atoms with Gasteiger partial charge in [0.05, 0.1) is 39.9 Å². The minimum absolute atomic E-state index is 0.0151. The highest BCUT2D eigenvalue weighted by Gasteiger charge is 2.24. The molecule has 0 heterocycles. The molecule has 0 aliphatic heterocycles. The maximum Gasteiger partial charge on any atom is 0.268 e. The van der Waals surface area contributed by atoms with Gasteiger partial charge in [-0.1, -0.05) is 353 Å². The third kappa shape index (κ3) is 66.4. The van der Waals surface area contributed by atoms with E-state index in [9.17, 15) is 19.4 Å². The molecule has 0 rings (SSSR count). The van der Waals surface area contributed by atoms with Gasteiger partial charge in [0.25, 0.3) is 7.82 Å². The third-order valence-corrected chi connectivity index (χ3v) is 17.9. The van der Waals surface area contributed by atoms with E-state index in [0.29, 0.717) is 23.9 Å². The molecule has 0 bridgehead atoms. The number of phosphoric acid groups is 1. The molecule has 0 aliphatic carbocycles. The van der Waals surface area contributed by atoms with E-state index in [2.05, 4.69) is 43.5 Å². The summed E-state index contributed by atoms with van der Waals surface area (Å²) in [6.07, 6.45) is 82.6. The predicted octanol–water partition coefficient (Wildman–Crippen LogP) is 22.4. The van der Waals surface area contributed by atoms with Gasteiger partial charge in [-0.3, -0.25) is 9.36 Å². The van der Waals surface area contributed by atoms with E-state index in [1.165, 1.54) is 308 Å². The molecule has 0 aromatic rings. The lowest BCUT2D eigenvalue weighted by Gasteiger charge is -2.30. The number of carbonyl (C=O) groups is 1. The Morgan fingerprint density at radius 1 is 0.432 bits per heavy atom. The Balaban J connectivity index is 3.98. The number of hydrogen-bond acceptors (Lipinski definition) is 6. The van der Waals surface area contributed by atoms with E-state index >= 15 is 0 Å². The van der Waals surface area contributed by atoms with Crippen LogP contribution in [-0.2, 0) is 18.4 Å². The number of aliphatic hydroxyl groups is 1. The summed E-state index contributed by atoms with van der Waals surface area (Å²) in [4.78, 5) is 25.7. The van der Waals surface area contributed by atoms with Crippen molar-refractivity contribution in [1.82, 2.24) is 5.32 Å². The summed E-state index contributed by atoms with van der Waals surface area (Å²) in [5.74, 6) is -0.156. The van der Waals surface area contributed by atoms with Crippen molar-refractivity contribution >= 4 is 13.7 Å². The Hall–Kier alpha value is -1.02. The van der Waals surface area contributed by atoms with Crippen molar-refractivity contribution in [3.05, 3.63) is 24.3 Å². The first-order valence-electron chi connectivity index (χ1n) is 36.2. The van der Waals surface area contributed by atoms with Crippen LogP contribution in [0.1, 0.15) is 380 Å². The Morgan fingerprint density at radius 2 is 0.716 bits per heavy atom. The van der Waals surface area contributed by atoms with E-state index in [1.807, 2.05) is 21.1 Å². The number of phosphoric ester groups is 1. The summed E-state index contributed by atoms with van der Waals surface area (Å²) in [5, 5.41) is 14.1. The lowest BCUT2D eigenvalue weighted by Crippen LogP contribution is -2.46. The fourth-order valence-corrected chi connectivity index (χ4v) is 12.0. The number of amides is 1. The van der Waals surface area contributed by atoms with Gasteiger partial charge in [0.2, 0.25) is 5.91 Å². The molecule has 3 atom stereocenters. The Kier molecular flexibility index (Phi) is 62.7. The first-order valence-corrected chi connectivity index (χ1v) is 37.6. The number of allylic oxidation sites excluding steroid dienone is 4. The quantitative estimate of drug-likeness (QED) is 0.0272. The standard InChI is InChI=1S/C72H143N2O6P/c1-6-8-10-12-14-16-18-20-22-24-26-28-30-32-34-36-37-38-40-42-44-46-48-50-52-54-56-58-60-62-64-66-72(76)73-70(69-80-81(77,78)79-68-67-74(3,4)5)71(75)65-63-61-59-57-55-53-51-49-47-45-43-41-39-35-33-31-29-27-25-23-21-19-17-15-13-11-9-7-2/h18,20,24,26,70-71,75H,6-17,19,21-23,25,27-69H2,1-5H3,(H-,73,76,77,78)/b20-18-,26-24-. The van der Waals surface area contributed by atoms with E-state index in [4.69, 9.17) is 9.05 Å². The maximum absolute atomic E-state index is 13.1. The van der Waals surface area contributed by atoms with Gasteiger partial charge in [-0.05, 0) is 44.9 Å². The molecule has 1 amide bonds. The average molecular weight is 1160 g/mol. The number of nitrogens with zero attached hydrogens (tertiary/aromatic N) is 1. The highest BCUT2D eigenvalue weighted by atomic mass is 31.2. The van der Waals surface area contributed by atoms with Crippen LogP contribution in [0.2, 0.25) is 0 Å². The zero-order valence-electron chi connectivity index (χ0n) is 55.3. The molecule has 0 saturated carbocycles. The van der Waals surface area contributed by atoms with Crippen molar-refractivity contribution in [2.24, 2.45) is 0 Å². The van der Waals surface area contributed by atoms with Gasteiger partial charge >= 0.3 is 0 Å². The van der Waals surface area contributed by atoms with Crippen LogP contribution >= 0.6 is 7.82 Å². The molecule has 0 aromatic heterocycles. The van der Waals surface area contributed by atoms with Crippen LogP contribution in [0.4, 0.5) is 0 Å². The second-order valence-corrected chi connectivity index (χ2v) is 27.7. The molecule has 0 fully saturated rings. The summed E-state index contributed by atoms with van der Waals surface area (Å²) < 4.78 is 23.6. The highest BCUT2D eigenvalue weighted by Crippen LogP contribution is 2.38. The number of aliphatic hydroxyl groups excluding tert-OH is 1. The molecule has 0 aliphatic rings. The molecule has 81 heavy (non-hydrogen) atoms. The normalized spacial score (nSPS) is 13.7. The summed E-state index contributed by atoms with van der Waals surface area (Å²) in [6, 6.07) is -0.800. The van der Waals surface area contributed by atoms with Crippen LogP contribution in [0.15, 0.2) is 24.3 Å². The van der Waals surface area contributed by atoms with Crippen LogP contribution in [0.5, 0.6) is 0 Å². The monoisotopic (exact) mass is 1160 g/mol. The van der Waals surface area contributed by atoms with E-state index < -0.39 is 20.0 Å². The Morgan fingerprint density at radius 3 is 1.02 bits per heavy atom. The number of unbranched alkanes of at least 4 members (excludes halogenated alkanes) is 51. The van der Waals surface area contributed by atoms with Crippen molar-refractivity contribution in [3.63, 3.8) is 0 Å². The summed E-state index contributed by atoms with van der Waals surface area (Å²) in [7, 11) is 1.33. The van der Waals surface area contributed by atoms with Crippen molar-refractivity contribution in [1.29, 1.82) is 0 Å². The second-order valence-electron chi connectivity index (χ2n) is 26.3. The number of rotatable bonds is 68. The maximum atomic E-state index is 13.1. The molecular formula is C72H143N2O6P. The SMILES string of the molecule is CCCCCCC/C=C\C/C=C\CCCCCCCCCCCCCCCCCCCCCC(=O)NC(COP(=O)([O-])OCC[N+](C)(C)C)C(O)CCCCCCCCCCCCCCCCCCCCCCCCCCCCCC. The summed E-state index contributed by atoms with van der Waals surface area (Å²) in [5.41, 5.74) is 0. The van der Waals surface area contributed by atoms with Crippen LogP contribution in [0.3, 0.4) is 0 Å². The van der Waals surface area contributed by atoms with Gasteiger partial charge in [0, 0.05) is 6.42 Å². The minimum atomic E-state index is -4.58. The molecule has 0 spiro atoms. The molecule has 0 radical (unpaired) electrons. The van der Waals surface area contributed by atoms with Crippen molar-refractivity contribution < 1.29 is 32.9 Å². The zero-order valence-corrected chi connectivity index (χ0v) is 56.2. The van der Waals surface area contributed by atoms with Gasteiger partial charge < -0.3 is 28.8 Å². The topological polar surface area (TPSA) is 108 Å². The van der Waals surface area contributed by atoms with Gasteiger partial charge in [-0.2, -0.15) is 0 Å². The van der Waals surface area contributed by atoms with Gasteiger partial charge in [-0.15, -0.1) is 0 Å². The van der Waals surface area contributed by atoms with Crippen LogP contribution in [-0.4, -0.2) is 68.5 Å². The molecule has 2 N–H and O–H groups in total. The fraction of sp³-hybridized carbons (Fsp3) is 0.931. The van der Waals surface area contributed by atoms with Crippen LogP contribution < -0.4 is 10.2 Å². The van der Waals surface area contributed by atoms with Crippen molar-refractivity contribution in [3.8, 4) is 0 Å². The van der Waals surface area contributed by atoms with E-state index in [1.54, 1.807) is 0 Å². The van der Waals surface area contributed by atoms with Gasteiger partial charge in [0.15, 0.2) is 0 Å². The van der Waals surface area contributed by atoms with Crippen LogP contribution in [0.25, 0.3) is 0 Å². The molecule has 8 nitrogen and oxygen atoms in total. The van der Waals surface area contributed by atoms with E-state index in [-0.39, 0.29) is 19.1 Å². The Bertz CT molecular complexity index is 1370. The first kappa shape index (κ1) is 80.0. The zero-order chi connectivity index (χ0) is 59.1. The van der Waals surface area contributed by atoms with Crippen molar-refractivity contribution in [2.45, 2.75) is 392 Å². The number of nitrogens with one attached hydrogen (secondary N) is 1. The summed E-state index contributed by atoms with van der Waals surface area (Å²) in [6.45, 7) is 4.78. The van der Waals surface area contributed by atoms with Gasteiger partial charge in [-0.25, -0.2) is 0 Å². The fourth-order valence-electron chi connectivity index (χ4n) is 11.3. The van der Waals surface area contributed by atoms with E-state index in [0.717, 1.165) is 44.9 Å². The minimum Gasteiger partial charge on any atom is -0.756 e. The largest absolute Gasteiger partial charge is 0.756 e. The van der Waals surface area contributed by atoms with Gasteiger partial charge in [0.1, 0.15) is 13.2 Å². The Labute approximate surface area is 506 Å². The second kappa shape index (κ2) is 63.5. The molecular weight excluding hydrogens is 1020 g/mol. The molecule has 482 valence electrons. The molecule has 9 heteroatoms.